The van der Waals surface area contributed by atoms with Crippen molar-refractivity contribution in [2.75, 3.05) is 28.4 Å². The van der Waals surface area contributed by atoms with Crippen LogP contribution in [0.5, 0.6) is 28.7 Å². The Labute approximate surface area is 172 Å². The van der Waals surface area contributed by atoms with Crippen LogP contribution < -0.4 is 24.4 Å². The van der Waals surface area contributed by atoms with Crippen LogP contribution in [0.1, 0.15) is 0 Å². The van der Waals surface area contributed by atoms with Crippen LogP contribution in [-0.2, 0) is 0 Å². The molecule has 0 spiro atoms. The van der Waals surface area contributed by atoms with Crippen molar-refractivity contribution < 1.29 is 28.5 Å². The Hall–Kier alpha value is -2.55. The van der Waals surface area contributed by atoms with Gasteiger partial charge in [0.15, 0.2) is 17.3 Å². The van der Waals surface area contributed by atoms with Crippen LogP contribution in [-0.4, -0.2) is 57.5 Å². The molecule has 0 aliphatic heterocycles. The van der Waals surface area contributed by atoms with E-state index in [1.54, 1.807) is 18.2 Å². The molecule has 0 bridgehead atoms. The van der Waals surface area contributed by atoms with Crippen molar-refractivity contribution in [2.45, 2.75) is 0 Å². The smallest absolute Gasteiger partial charge is 0.239 e. The molecule has 0 fully saturated rings. The Morgan fingerprint density at radius 2 is 1.59 bits per heavy atom. The van der Waals surface area contributed by atoms with Gasteiger partial charge in [-0.05, 0) is 18.2 Å². The minimum atomic E-state index is -0.487. The molecule has 3 aromatic rings. The van der Waals surface area contributed by atoms with Gasteiger partial charge < -0.3 is 28.5 Å². The molecule has 0 amide bonds. The predicted molar refractivity (Wildman–Crippen MR) is 102 cm³/mol. The number of phenolic OH excluding ortho intramolecular Hbond substituents is 1. The van der Waals surface area contributed by atoms with E-state index in [4.69, 9.17) is 23.4 Å². The number of benzene rings is 2. The molecular weight excluding hydrogens is 459 g/mol. The molecule has 7 nitrogen and oxygen atoms in total. The summed E-state index contributed by atoms with van der Waals surface area (Å²) in [6, 6.07) is 7.95. The third kappa shape index (κ3) is 3.64. The average molecular weight is 477 g/mol. The summed E-state index contributed by atoms with van der Waals surface area (Å²) in [6.07, 6.45) is 0. The van der Waals surface area contributed by atoms with Gasteiger partial charge in [-0.25, -0.2) is 0 Å². The van der Waals surface area contributed by atoms with Gasteiger partial charge in [0.2, 0.25) is 11.2 Å². The van der Waals surface area contributed by atoms with Crippen LogP contribution in [0.4, 0.5) is 0 Å². The molecule has 0 atom stereocenters. The van der Waals surface area contributed by atoms with Gasteiger partial charge in [0, 0.05) is 41.6 Å². The van der Waals surface area contributed by atoms with E-state index >= 15 is 0 Å². The van der Waals surface area contributed by atoms with Crippen molar-refractivity contribution in [3.05, 3.63) is 40.6 Å². The fraction of sp³-hybridized carbons (Fsp3) is 0.211. The second kappa shape index (κ2) is 8.43. The molecule has 4 radical (unpaired) electrons. The number of hydrogen-bond acceptors (Lipinski definition) is 7. The molecule has 27 heavy (non-hydrogen) atoms. The maximum absolute atomic E-state index is 12.8. The minimum absolute atomic E-state index is 0. The van der Waals surface area contributed by atoms with E-state index < -0.39 is 5.43 Å². The summed E-state index contributed by atoms with van der Waals surface area (Å²) in [5.74, 6) is 1.32. The molecule has 1 heterocycles. The molecule has 3 rings (SSSR count). The predicted octanol–water partition coefficient (Wildman–Crippen LogP) is 2.82. The molecule has 0 aliphatic rings. The Morgan fingerprint density at radius 1 is 0.889 bits per heavy atom. The fourth-order valence-corrected chi connectivity index (χ4v) is 2.73. The van der Waals surface area contributed by atoms with Gasteiger partial charge >= 0.3 is 0 Å². The summed E-state index contributed by atoms with van der Waals surface area (Å²) >= 11 is 0. The van der Waals surface area contributed by atoms with Crippen LogP contribution in [0.25, 0.3) is 22.3 Å². The molecule has 1 aromatic heterocycles. The van der Waals surface area contributed by atoms with E-state index in [-0.39, 0.29) is 52.1 Å². The third-order valence-electron chi connectivity index (χ3n) is 3.99. The first-order valence-electron chi connectivity index (χ1n) is 7.68. The monoisotopic (exact) mass is 478 g/mol. The minimum Gasteiger partial charge on any atom is -0.507 e. The van der Waals surface area contributed by atoms with Gasteiger partial charge in [-0.3, -0.25) is 4.79 Å². The summed E-state index contributed by atoms with van der Waals surface area (Å²) in [6.45, 7) is 0. The largest absolute Gasteiger partial charge is 0.507 e. The summed E-state index contributed by atoms with van der Waals surface area (Å²) in [5.41, 5.74) is 0.247. The second-order valence-electron chi connectivity index (χ2n) is 5.38. The average Bonchev–Trinajstić information content (AvgIpc) is 2.66. The van der Waals surface area contributed by atoms with E-state index in [0.717, 1.165) is 0 Å². The standard InChI is InChI=1S/C19H18O7.Sn/c1-22-11-8-12(20)16-15(9-11)26-18(19(25-4)17(16)21)10-5-6-13(23-2)14(7-10)24-3;/h5-9,20H,1-4H3;. The first kappa shape index (κ1) is 20.8. The summed E-state index contributed by atoms with van der Waals surface area (Å²) in [7, 11) is 5.86. The first-order valence-corrected chi connectivity index (χ1v) is 7.68. The van der Waals surface area contributed by atoms with Crippen LogP contribution in [0.3, 0.4) is 0 Å². The van der Waals surface area contributed by atoms with Gasteiger partial charge in [0.05, 0.1) is 28.4 Å². The quantitative estimate of drug-likeness (QED) is 0.566. The van der Waals surface area contributed by atoms with Crippen molar-refractivity contribution in [3.8, 4) is 40.1 Å². The number of methoxy groups -OCH3 is 4. The molecule has 0 unspecified atom stereocenters. The molecule has 0 saturated heterocycles. The number of fused-ring (bicyclic) bond motifs is 1. The van der Waals surface area contributed by atoms with Gasteiger partial charge in [-0.2, -0.15) is 0 Å². The number of aromatic hydroxyl groups is 1. The van der Waals surface area contributed by atoms with Crippen molar-refractivity contribution in [1.29, 1.82) is 0 Å². The number of phenols is 1. The van der Waals surface area contributed by atoms with E-state index in [9.17, 15) is 9.90 Å². The van der Waals surface area contributed by atoms with Crippen molar-refractivity contribution in [1.82, 2.24) is 0 Å². The van der Waals surface area contributed by atoms with Gasteiger partial charge in [-0.1, -0.05) is 0 Å². The SMILES string of the molecule is COc1cc(O)c2c(=O)c(OC)c(-c3ccc(OC)c(OC)c3)oc2c1.[Sn]. The number of hydrogen-bond donors (Lipinski definition) is 1. The topological polar surface area (TPSA) is 87.4 Å². The zero-order valence-electron chi connectivity index (χ0n) is 15.3. The van der Waals surface area contributed by atoms with E-state index in [0.29, 0.717) is 22.8 Å². The zero-order valence-corrected chi connectivity index (χ0v) is 18.1. The Kier molecular flexibility index (Phi) is 6.48. The normalized spacial score (nSPS) is 10.2. The Balaban J connectivity index is 0.00000261. The number of ether oxygens (including phenoxy) is 4. The van der Waals surface area contributed by atoms with Crippen LogP contribution >= 0.6 is 0 Å². The molecule has 8 heteroatoms. The Bertz CT molecular complexity index is 1030. The third-order valence-corrected chi connectivity index (χ3v) is 3.99. The summed E-state index contributed by atoms with van der Waals surface area (Å²) < 4.78 is 26.8. The maximum atomic E-state index is 12.8. The summed E-state index contributed by atoms with van der Waals surface area (Å²) in [4.78, 5) is 12.8. The fourth-order valence-electron chi connectivity index (χ4n) is 2.73. The Morgan fingerprint density at radius 3 is 2.19 bits per heavy atom. The van der Waals surface area contributed by atoms with Gasteiger partial charge in [0.1, 0.15) is 22.5 Å². The van der Waals surface area contributed by atoms with Crippen LogP contribution in [0.15, 0.2) is 39.5 Å². The van der Waals surface area contributed by atoms with Crippen molar-refractivity contribution >= 4 is 34.9 Å². The molecular formula is C19H18O7Sn. The van der Waals surface area contributed by atoms with E-state index in [1.165, 1.54) is 40.6 Å². The molecule has 140 valence electrons. The number of rotatable bonds is 5. The van der Waals surface area contributed by atoms with E-state index in [1.807, 2.05) is 0 Å². The van der Waals surface area contributed by atoms with Crippen molar-refractivity contribution in [2.24, 2.45) is 0 Å². The van der Waals surface area contributed by atoms with E-state index in [2.05, 4.69) is 0 Å². The van der Waals surface area contributed by atoms with Crippen LogP contribution in [0, 0.1) is 0 Å². The van der Waals surface area contributed by atoms with Crippen LogP contribution in [0.2, 0.25) is 0 Å². The molecule has 0 saturated carbocycles. The molecule has 0 aliphatic carbocycles. The van der Waals surface area contributed by atoms with Gasteiger partial charge in [0.25, 0.3) is 0 Å². The van der Waals surface area contributed by atoms with Crippen molar-refractivity contribution in [3.63, 3.8) is 0 Å². The maximum Gasteiger partial charge on any atom is 0.239 e. The summed E-state index contributed by atoms with van der Waals surface area (Å²) in [5, 5.41) is 10.2. The zero-order chi connectivity index (χ0) is 18.8. The first-order chi connectivity index (χ1) is 12.5. The second-order valence-corrected chi connectivity index (χ2v) is 5.38. The van der Waals surface area contributed by atoms with Gasteiger partial charge in [-0.15, -0.1) is 0 Å². The molecule has 2 aromatic carbocycles. The molecule has 1 N–H and O–H groups in total.